The molecule has 5 nitrogen and oxygen atoms in total. The number of ether oxygens (including phenoxy) is 1. The molecular formula is C12H17N2O3S2. The molecule has 1 rings (SSSR count). The topological polar surface area (TPSA) is 70.4 Å². The molecule has 0 spiro atoms. The van der Waals surface area contributed by atoms with Crippen LogP contribution in [-0.2, 0) is 15.8 Å². The quantitative estimate of drug-likeness (QED) is 0.715. The Balaban J connectivity index is 2.83. The molecule has 0 bridgehead atoms. The summed E-state index contributed by atoms with van der Waals surface area (Å²) < 4.78 is 30.5. The van der Waals surface area contributed by atoms with Crippen molar-refractivity contribution in [3.63, 3.8) is 0 Å². The van der Waals surface area contributed by atoms with Crippen LogP contribution < -0.4 is 10.5 Å². The van der Waals surface area contributed by atoms with Crippen molar-refractivity contribution < 1.29 is 13.2 Å². The van der Waals surface area contributed by atoms with Crippen molar-refractivity contribution in [2.45, 2.75) is 12.7 Å². The third kappa shape index (κ3) is 5.14. The van der Waals surface area contributed by atoms with Crippen LogP contribution in [0.1, 0.15) is 12.5 Å². The van der Waals surface area contributed by atoms with Crippen molar-refractivity contribution in [2.24, 2.45) is 0 Å². The molecule has 0 amide bonds. The average molecular weight is 301 g/mol. The first-order chi connectivity index (χ1) is 8.85. The number of hydrogen-bond donors (Lipinski definition) is 0. The molecule has 7 heteroatoms. The fraction of sp³-hybridized carbons (Fsp3) is 0.417. The molecule has 0 aromatic heterocycles. The Kier molecular flexibility index (Phi) is 5.71. The van der Waals surface area contributed by atoms with Crippen LogP contribution >= 0.6 is 12.2 Å². The molecule has 0 fully saturated rings. The normalized spacial score (nSPS) is 11.5. The van der Waals surface area contributed by atoms with E-state index < -0.39 is 10.0 Å². The van der Waals surface area contributed by atoms with E-state index in [0.29, 0.717) is 17.9 Å². The minimum atomic E-state index is -3.47. The summed E-state index contributed by atoms with van der Waals surface area (Å²) in [5.74, 6) is 0.515. The van der Waals surface area contributed by atoms with Gasteiger partial charge in [0.1, 0.15) is 10.7 Å². The fourth-order valence-electron chi connectivity index (χ4n) is 1.51. The van der Waals surface area contributed by atoms with E-state index in [9.17, 15) is 8.42 Å². The Labute approximate surface area is 119 Å². The fourth-order valence-corrected chi connectivity index (χ4v) is 2.94. The van der Waals surface area contributed by atoms with E-state index in [4.69, 9.17) is 10.5 Å². The highest BCUT2D eigenvalue weighted by Gasteiger charge is 2.19. The van der Waals surface area contributed by atoms with Crippen LogP contribution in [0.2, 0.25) is 0 Å². The van der Waals surface area contributed by atoms with Gasteiger partial charge in [-0.25, -0.2) is 8.42 Å². The number of thiocarbonyl (C=S) groups is 1. The second-order valence-corrected chi connectivity index (χ2v) is 6.58. The van der Waals surface area contributed by atoms with Gasteiger partial charge in [0, 0.05) is 7.05 Å². The highest BCUT2D eigenvalue weighted by Crippen LogP contribution is 2.16. The number of nitrogens with one attached hydrogen (secondary N) is 1. The Hall–Kier alpha value is -1.18. The molecule has 0 heterocycles. The molecule has 0 aliphatic rings. The number of rotatable bonds is 7. The van der Waals surface area contributed by atoms with Gasteiger partial charge in [-0.2, -0.15) is 4.31 Å². The Morgan fingerprint density at radius 1 is 1.47 bits per heavy atom. The number of nitrogens with zero attached hydrogens (tertiary/aromatic N) is 1. The minimum absolute atomic E-state index is 0.0666. The van der Waals surface area contributed by atoms with Gasteiger partial charge in [0.2, 0.25) is 10.0 Å². The lowest BCUT2D eigenvalue weighted by atomic mass is 10.2. The van der Waals surface area contributed by atoms with Gasteiger partial charge in [0.25, 0.3) is 0 Å². The molecule has 1 N–H and O–H groups in total. The lowest BCUT2D eigenvalue weighted by Crippen LogP contribution is -2.32. The van der Waals surface area contributed by atoms with Crippen molar-refractivity contribution in [1.29, 1.82) is 0 Å². The maximum atomic E-state index is 12.0. The maximum absolute atomic E-state index is 12.0. The van der Waals surface area contributed by atoms with Crippen molar-refractivity contribution >= 4 is 27.2 Å². The Bertz CT molecular complexity index is 544. The first-order valence-electron chi connectivity index (χ1n) is 5.75. The molecule has 1 aromatic carbocycles. The lowest BCUT2D eigenvalue weighted by molar-refractivity contribution is 0.340. The number of likely N-dealkylation sites (N-methyl/N-ethyl adjacent to an activating group) is 1. The second-order valence-electron chi connectivity index (χ2n) is 4.02. The predicted octanol–water partition coefficient (Wildman–Crippen LogP) is 1.46. The molecule has 0 saturated heterocycles. The van der Waals surface area contributed by atoms with Gasteiger partial charge in [-0.1, -0.05) is 24.4 Å². The van der Waals surface area contributed by atoms with E-state index in [1.165, 1.54) is 7.05 Å². The third-order valence-electron chi connectivity index (χ3n) is 2.40. The molecule has 105 valence electrons. The van der Waals surface area contributed by atoms with Crippen LogP contribution in [-0.4, -0.2) is 37.9 Å². The van der Waals surface area contributed by atoms with E-state index in [0.717, 1.165) is 4.31 Å². The molecule has 1 radical (unpaired) electrons. The molecule has 0 aliphatic carbocycles. The van der Waals surface area contributed by atoms with Gasteiger partial charge in [-0.15, -0.1) is 0 Å². The summed E-state index contributed by atoms with van der Waals surface area (Å²) in [5.41, 5.74) is 7.81. The summed E-state index contributed by atoms with van der Waals surface area (Å²) in [6.45, 7) is 2.33. The van der Waals surface area contributed by atoms with E-state index in [-0.39, 0.29) is 17.3 Å². The highest BCUT2D eigenvalue weighted by atomic mass is 32.2. The summed E-state index contributed by atoms with van der Waals surface area (Å²) in [7, 11) is -2.05. The molecule has 0 aliphatic heterocycles. The van der Waals surface area contributed by atoms with E-state index in [2.05, 4.69) is 12.2 Å². The first-order valence-corrected chi connectivity index (χ1v) is 7.77. The van der Waals surface area contributed by atoms with Crippen molar-refractivity contribution in [2.75, 3.05) is 20.2 Å². The van der Waals surface area contributed by atoms with Gasteiger partial charge in [-0.05, 0) is 24.6 Å². The monoisotopic (exact) mass is 301 g/mol. The largest absolute Gasteiger partial charge is 0.494 e. The van der Waals surface area contributed by atoms with Crippen LogP contribution in [0, 0.1) is 0 Å². The van der Waals surface area contributed by atoms with Gasteiger partial charge in [0.05, 0.1) is 18.9 Å². The minimum Gasteiger partial charge on any atom is -0.494 e. The number of hydrogen-bond acceptors (Lipinski definition) is 4. The molecule has 0 atom stereocenters. The smallest absolute Gasteiger partial charge is 0.218 e. The molecule has 0 saturated carbocycles. The highest BCUT2D eigenvalue weighted by molar-refractivity contribution is 7.88. The van der Waals surface area contributed by atoms with Gasteiger partial charge in [0.15, 0.2) is 0 Å². The van der Waals surface area contributed by atoms with Crippen LogP contribution in [0.4, 0.5) is 0 Å². The second kappa shape index (κ2) is 6.83. The van der Waals surface area contributed by atoms with E-state index in [1.807, 2.05) is 6.92 Å². The molecule has 19 heavy (non-hydrogen) atoms. The average Bonchev–Trinajstić information content (AvgIpc) is 2.28. The van der Waals surface area contributed by atoms with Crippen LogP contribution in [0.5, 0.6) is 5.75 Å². The number of benzene rings is 1. The Morgan fingerprint density at radius 3 is 2.74 bits per heavy atom. The zero-order chi connectivity index (χ0) is 14.5. The summed E-state index contributed by atoms with van der Waals surface area (Å²) in [5, 5.41) is 0. The van der Waals surface area contributed by atoms with Crippen molar-refractivity contribution in [1.82, 2.24) is 10.0 Å². The van der Waals surface area contributed by atoms with Crippen molar-refractivity contribution in [3.8, 4) is 5.75 Å². The maximum Gasteiger partial charge on any atom is 0.218 e. The summed E-state index contributed by atoms with van der Waals surface area (Å²) in [6, 6.07) is 6.97. The summed E-state index contributed by atoms with van der Waals surface area (Å²) in [6.07, 6.45) is 0. The zero-order valence-electron chi connectivity index (χ0n) is 10.9. The standard InChI is InChI=1S/C12H17N2O3S2/c1-3-17-11-6-4-5-10(7-11)9-19(15,16)14(2)8-12(13)18/h4-7,13H,3,8-9H2,1-2H3. The molecule has 0 unspecified atom stereocenters. The van der Waals surface area contributed by atoms with Crippen molar-refractivity contribution in [3.05, 3.63) is 29.8 Å². The summed E-state index contributed by atoms with van der Waals surface area (Å²) in [4.78, 5) is -0.103. The zero-order valence-corrected chi connectivity index (χ0v) is 12.6. The van der Waals surface area contributed by atoms with Gasteiger partial charge in [-0.3, -0.25) is 5.73 Å². The Morgan fingerprint density at radius 2 is 2.16 bits per heavy atom. The molecular weight excluding hydrogens is 284 g/mol. The van der Waals surface area contributed by atoms with Crippen LogP contribution in [0.15, 0.2) is 24.3 Å². The van der Waals surface area contributed by atoms with E-state index in [1.54, 1.807) is 24.3 Å². The summed E-state index contributed by atoms with van der Waals surface area (Å²) >= 11 is 4.60. The van der Waals surface area contributed by atoms with E-state index >= 15 is 0 Å². The van der Waals surface area contributed by atoms with Crippen LogP contribution in [0.3, 0.4) is 0 Å². The van der Waals surface area contributed by atoms with Gasteiger partial charge >= 0.3 is 0 Å². The lowest BCUT2D eigenvalue weighted by Gasteiger charge is -2.16. The third-order valence-corrected chi connectivity index (χ3v) is 4.31. The predicted molar refractivity (Wildman–Crippen MR) is 78.6 cm³/mol. The first kappa shape index (κ1) is 15.9. The molecule has 1 aromatic rings. The SMILES string of the molecule is CCOc1cccc(CS(=O)(=O)N(C)CC([NH])=S)c1. The van der Waals surface area contributed by atoms with Crippen LogP contribution in [0.25, 0.3) is 0 Å². The van der Waals surface area contributed by atoms with Gasteiger partial charge < -0.3 is 4.74 Å². The number of sulfonamides is 1.